The molecule has 0 fully saturated rings. The maximum atomic E-state index is 10.7. The van der Waals surface area contributed by atoms with Crippen LogP contribution in [0.3, 0.4) is 0 Å². The van der Waals surface area contributed by atoms with Crippen LogP contribution in [-0.2, 0) is 4.79 Å². The molecule has 0 saturated heterocycles. The molecule has 0 bridgehead atoms. The predicted octanol–water partition coefficient (Wildman–Crippen LogP) is 1.26. The number of carbonyl (C=O) groups is 1. The molecule has 0 aliphatic heterocycles. The lowest BCUT2D eigenvalue weighted by Crippen LogP contribution is -2.26. The standard InChI is InChI=1S/C12H18N4O3/c1-9-7-12(14-8-11(9)16(18)19)15(3)6-4-5-13-10(2)17/h7-8H,4-6H2,1-3H3,(H,13,17). The Bertz CT molecular complexity index is 476. The summed E-state index contributed by atoms with van der Waals surface area (Å²) in [5.74, 6) is 0.637. The van der Waals surface area contributed by atoms with Gasteiger partial charge < -0.3 is 10.2 Å². The van der Waals surface area contributed by atoms with Gasteiger partial charge in [-0.1, -0.05) is 0 Å². The number of aryl methyl sites for hydroxylation is 1. The molecule has 1 amide bonds. The van der Waals surface area contributed by atoms with Crippen LogP contribution in [-0.4, -0.2) is 36.0 Å². The van der Waals surface area contributed by atoms with E-state index in [2.05, 4.69) is 10.3 Å². The second-order valence-corrected chi connectivity index (χ2v) is 4.34. The number of rotatable bonds is 6. The van der Waals surface area contributed by atoms with E-state index in [1.165, 1.54) is 13.1 Å². The number of hydrogen-bond donors (Lipinski definition) is 1. The van der Waals surface area contributed by atoms with Crippen LogP contribution < -0.4 is 10.2 Å². The number of anilines is 1. The minimum Gasteiger partial charge on any atom is -0.360 e. The Hall–Kier alpha value is -2.18. The molecule has 0 spiro atoms. The third kappa shape index (κ3) is 4.53. The fourth-order valence-corrected chi connectivity index (χ4v) is 1.63. The molecule has 1 rings (SSSR count). The Morgan fingerprint density at radius 1 is 1.58 bits per heavy atom. The predicted molar refractivity (Wildman–Crippen MR) is 72.2 cm³/mol. The molecule has 0 aromatic carbocycles. The van der Waals surface area contributed by atoms with Gasteiger partial charge in [0.15, 0.2) is 0 Å². The fourth-order valence-electron chi connectivity index (χ4n) is 1.63. The normalized spacial score (nSPS) is 10.1. The molecule has 7 heteroatoms. The Morgan fingerprint density at radius 3 is 2.79 bits per heavy atom. The average molecular weight is 266 g/mol. The molecule has 7 nitrogen and oxygen atoms in total. The number of pyridine rings is 1. The number of aromatic nitrogens is 1. The van der Waals surface area contributed by atoms with Crippen molar-refractivity contribution in [3.8, 4) is 0 Å². The zero-order valence-corrected chi connectivity index (χ0v) is 11.3. The first-order valence-corrected chi connectivity index (χ1v) is 5.98. The van der Waals surface area contributed by atoms with Crippen molar-refractivity contribution < 1.29 is 9.72 Å². The third-order valence-corrected chi connectivity index (χ3v) is 2.70. The van der Waals surface area contributed by atoms with Crippen LogP contribution in [0, 0.1) is 17.0 Å². The van der Waals surface area contributed by atoms with Gasteiger partial charge >= 0.3 is 0 Å². The van der Waals surface area contributed by atoms with Crippen LogP contribution >= 0.6 is 0 Å². The fraction of sp³-hybridized carbons (Fsp3) is 0.500. The highest BCUT2D eigenvalue weighted by molar-refractivity contribution is 5.72. The summed E-state index contributed by atoms with van der Waals surface area (Å²) in [6.07, 6.45) is 2.06. The van der Waals surface area contributed by atoms with Crippen LogP contribution in [0.2, 0.25) is 0 Å². The van der Waals surface area contributed by atoms with E-state index in [-0.39, 0.29) is 11.6 Å². The monoisotopic (exact) mass is 266 g/mol. The van der Waals surface area contributed by atoms with Crippen molar-refractivity contribution in [2.24, 2.45) is 0 Å². The van der Waals surface area contributed by atoms with E-state index in [1.807, 2.05) is 11.9 Å². The molecule has 0 aliphatic rings. The summed E-state index contributed by atoms with van der Waals surface area (Å²) in [5.41, 5.74) is 0.610. The zero-order chi connectivity index (χ0) is 14.4. The van der Waals surface area contributed by atoms with Crippen LogP contribution in [0.15, 0.2) is 12.3 Å². The highest BCUT2D eigenvalue weighted by atomic mass is 16.6. The molecule has 0 aliphatic carbocycles. The number of amides is 1. The number of carbonyl (C=O) groups excluding carboxylic acids is 1. The first-order chi connectivity index (χ1) is 8.91. The first-order valence-electron chi connectivity index (χ1n) is 5.98. The number of nitrogens with zero attached hydrogens (tertiary/aromatic N) is 3. The van der Waals surface area contributed by atoms with E-state index in [4.69, 9.17) is 0 Å². The van der Waals surface area contributed by atoms with Gasteiger partial charge in [-0.15, -0.1) is 0 Å². The summed E-state index contributed by atoms with van der Waals surface area (Å²) >= 11 is 0. The van der Waals surface area contributed by atoms with Crippen molar-refractivity contribution >= 4 is 17.4 Å². The number of nitro groups is 1. The smallest absolute Gasteiger partial charge is 0.290 e. The molecule has 0 radical (unpaired) electrons. The Labute approximate surface area is 111 Å². The van der Waals surface area contributed by atoms with Crippen LogP contribution in [0.25, 0.3) is 0 Å². The van der Waals surface area contributed by atoms with Crippen molar-refractivity contribution in [3.63, 3.8) is 0 Å². The van der Waals surface area contributed by atoms with Gasteiger partial charge in [-0.3, -0.25) is 14.9 Å². The van der Waals surface area contributed by atoms with Crippen LogP contribution in [0.5, 0.6) is 0 Å². The summed E-state index contributed by atoms with van der Waals surface area (Å²) in [6, 6.07) is 1.69. The molecular weight excluding hydrogens is 248 g/mol. The van der Waals surface area contributed by atoms with Gasteiger partial charge in [0.25, 0.3) is 5.69 Å². The van der Waals surface area contributed by atoms with Crippen molar-refractivity contribution in [2.75, 3.05) is 25.0 Å². The lowest BCUT2D eigenvalue weighted by Gasteiger charge is -2.18. The quantitative estimate of drug-likeness (QED) is 0.475. The molecule has 1 N–H and O–H groups in total. The van der Waals surface area contributed by atoms with Gasteiger partial charge in [0, 0.05) is 32.6 Å². The van der Waals surface area contributed by atoms with E-state index in [1.54, 1.807) is 13.0 Å². The molecule has 1 aromatic heterocycles. The van der Waals surface area contributed by atoms with Gasteiger partial charge in [0.2, 0.25) is 5.91 Å². The lowest BCUT2D eigenvalue weighted by molar-refractivity contribution is -0.385. The van der Waals surface area contributed by atoms with Gasteiger partial charge in [0.1, 0.15) is 12.0 Å². The minimum absolute atomic E-state index is 0.0235. The van der Waals surface area contributed by atoms with Crippen molar-refractivity contribution in [3.05, 3.63) is 27.9 Å². The first kappa shape index (κ1) is 14.9. The van der Waals surface area contributed by atoms with Gasteiger partial charge in [-0.2, -0.15) is 0 Å². The lowest BCUT2D eigenvalue weighted by atomic mass is 10.2. The highest BCUT2D eigenvalue weighted by Crippen LogP contribution is 2.20. The maximum Gasteiger partial charge on any atom is 0.290 e. The molecule has 0 unspecified atom stereocenters. The Morgan fingerprint density at radius 2 is 2.26 bits per heavy atom. The largest absolute Gasteiger partial charge is 0.360 e. The Kier molecular flexibility index (Phi) is 5.23. The second kappa shape index (κ2) is 6.67. The summed E-state index contributed by atoms with van der Waals surface area (Å²) in [4.78, 5) is 26.9. The molecule has 0 saturated carbocycles. The molecule has 19 heavy (non-hydrogen) atoms. The summed E-state index contributed by atoms with van der Waals surface area (Å²) in [5, 5.41) is 13.4. The zero-order valence-electron chi connectivity index (χ0n) is 11.3. The van der Waals surface area contributed by atoms with Crippen molar-refractivity contribution in [2.45, 2.75) is 20.3 Å². The van der Waals surface area contributed by atoms with Crippen LogP contribution in [0.1, 0.15) is 18.9 Å². The maximum absolute atomic E-state index is 10.7. The summed E-state index contributed by atoms with van der Waals surface area (Å²) < 4.78 is 0. The Balaban J connectivity index is 2.57. The topological polar surface area (TPSA) is 88.4 Å². The molecule has 0 atom stereocenters. The third-order valence-electron chi connectivity index (χ3n) is 2.70. The second-order valence-electron chi connectivity index (χ2n) is 4.34. The van der Waals surface area contributed by atoms with E-state index in [9.17, 15) is 14.9 Å². The highest BCUT2D eigenvalue weighted by Gasteiger charge is 2.13. The summed E-state index contributed by atoms with van der Waals surface area (Å²) in [7, 11) is 1.86. The van der Waals surface area contributed by atoms with Gasteiger partial charge in [-0.05, 0) is 19.4 Å². The van der Waals surface area contributed by atoms with E-state index in [0.717, 1.165) is 6.42 Å². The van der Waals surface area contributed by atoms with E-state index in [0.29, 0.717) is 24.5 Å². The van der Waals surface area contributed by atoms with E-state index < -0.39 is 4.92 Å². The van der Waals surface area contributed by atoms with Crippen LogP contribution in [0.4, 0.5) is 11.5 Å². The molecule has 104 valence electrons. The van der Waals surface area contributed by atoms with Gasteiger partial charge in [0.05, 0.1) is 4.92 Å². The molecule has 1 aromatic rings. The average Bonchev–Trinajstić information content (AvgIpc) is 2.33. The number of nitrogens with one attached hydrogen (secondary N) is 1. The number of hydrogen-bond acceptors (Lipinski definition) is 5. The molecule has 1 heterocycles. The van der Waals surface area contributed by atoms with Gasteiger partial charge in [-0.25, -0.2) is 4.98 Å². The minimum atomic E-state index is -0.442. The SMILES string of the molecule is CC(=O)NCCCN(C)c1cc(C)c([N+](=O)[O-])cn1. The van der Waals surface area contributed by atoms with Crippen molar-refractivity contribution in [1.29, 1.82) is 0 Å². The van der Waals surface area contributed by atoms with Crippen molar-refractivity contribution in [1.82, 2.24) is 10.3 Å². The van der Waals surface area contributed by atoms with E-state index >= 15 is 0 Å². The summed E-state index contributed by atoms with van der Waals surface area (Å²) in [6.45, 7) is 4.48. The molecular formula is C12H18N4O3.